The average Bonchev–Trinajstić information content (AvgIpc) is 2.41. The highest BCUT2D eigenvalue weighted by Gasteiger charge is 2.40. The Bertz CT molecular complexity index is 396. The van der Waals surface area contributed by atoms with E-state index in [1.54, 1.807) is 12.1 Å². The highest BCUT2D eigenvalue weighted by Crippen LogP contribution is 2.40. The van der Waals surface area contributed by atoms with Crippen molar-refractivity contribution in [2.24, 2.45) is 0 Å². The third-order valence-corrected chi connectivity index (χ3v) is 4.17. The molecule has 1 atom stereocenters. The molecule has 0 bridgehead atoms. The highest BCUT2D eigenvalue weighted by molar-refractivity contribution is 5.30. The molecule has 1 aromatic rings. The summed E-state index contributed by atoms with van der Waals surface area (Å²) in [6, 6.07) is 7.03. The van der Waals surface area contributed by atoms with Gasteiger partial charge >= 0.3 is 0 Å². The van der Waals surface area contributed by atoms with E-state index in [1.165, 1.54) is 0 Å². The molecule has 1 saturated carbocycles. The number of aliphatic hydroxyl groups is 2. The average molecular weight is 265 g/mol. The minimum atomic E-state index is -0.779. The molecule has 1 unspecified atom stereocenters. The van der Waals surface area contributed by atoms with E-state index in [9.17, 15) is 15.3 Å². The van der Waals surface area contributed by atoms with E-state index in [0.29, 0.717) is 32.2 Å². The maximum Gasteiger partial charge on any atom is 0.115 e. The standard InChI is InChI=1S/C15H23NO3/c1-16-10-14(11-2-4-12(17)5-3-11)15(19)8-6-13(18)7-9-15/h2-5,13-14,16-19H,6-10H2,1H3. The van der Waals surface area contributed by atoms with Gasteiger partial charge in [0.25, 0.3) is 0 Å². The molecule has 1 fully saturated rings. The van der Waals surface area contributed by atoms with Gasteiger partial charge in [0.1, 0.15) is 5.75 Å². The molecule has 0 spiro atoms. The summed E-state index contributed by atoms with van der Waals surface area (Å²) in [6.45, 7) is 0.678. The van der Waals surface area contributed by atoms with Crippen molar-refractivity contribution in [1.82, 2.24) is 5.32 Å². The third kappa shape index (κ3) is 3.26. The lowest BCUT2D eigenvalue weighted by Crippen LogP contribution is -2.44. The maximum absolute atomic E-state index is 10.9. The van der Waals surface area contributed by atoms with Crippen LogP contribution in [0.5, 0.6) is 5.75 Å². The van der Waals surface area contributed by atoms with Gasteiger partial charge in [0, 0.05) is 12.5 Å². The van der Waals surface area contributed by atoms with Crippen molar-refractivity contribution >= 4 is 0 Å². The van der Waals surface area contributed by atoms with Crippen LogP contribution in [0.3, 0.4) is 0 Å². The summed E-state index contributed by atoms with van der Waals surface area (Å²) in [5, 5.41) is 33.0. The van der Waals surface area contributed by atoms with E-state index >= 15 is 0 Å². The fourth-order valence-electron chi connectivity index (χ4n) is 2.98. The van der Waals surface area contributed by atoms with Crippen LogP contribution < -0.4 is 5.32 Å². The van der Waals surface area contributed by atoms with Crippen molar-refractivity contribution in [2.75, 3.05) is 13.6 Å². The Hall–Kier alpha value is -1.10. The number of rotatable bonds is 4. The van der Waals surface area contributed by atoms with Crippen molar-refractivity contribution in [3.63, 3.8) is 0 Å². The molecule has 0 amide bonds. The van der Waals surface area contributed by atoms with E-state index in [2.05, 4.69) is 5.32 Å². The lowest BCUT2D eigenvalue weighted by molar-refractivity contribution is -0.0507. The molecule has 4 N–H and O–H groups in total. The summed E-state index contributed by atoms with van der Waals surface area (Å²) in [7, 11) is 1.87. The minimum Gasteiger partial charge on any atom is -0.508 e. The topological polar surface area (TPSA) is 72.7 Å². The molecule has 0 radical (unpaired) electrons. The Kier molecular flexibility index (Phi) is 4.45. The van der Waals surface area contributed by atoms with Crippen molar-refractivity contribution in [2.45, 2.75) is 43.3 Å². The van der Waals surface area contributed by atoms with Crippen LogP contribution in [0.1, 0.15) is 37.2 Å². The Labute approximate surface area is 114 Å². The second-order valence-corrected chi connectivity index (χ2v) is 5.54. The van der Waals surface area contributed by atoms with Crippen molar-refractivity contribution in [3.05, 3.63) is 29.8 Å². The first kappa shape index (κ1) is 14.3. The van der Waals surface area contributed by atoms with Crippen LogP contribution in [0, 0.1) is 0 Å². The van der Waals surface area contributed by atoms with Gasteiger partial charge in [-0.15, -0.1) is 0 Å². The highest BCUT2D eigenvalue weighted by atomic mass is 16.3. The Morgan fingerprint density at radius 2 is 1.84 bits per heavy atom. The van der Waals surface area contributed by atoms with E-state index in [-0.39, 0.29) is 17.8 Å². The SMILES string of the molecule is CNCC(c1ccc(O)cc1)C1(O)CCC(O)CC1. The summed E-state index contributed by atoms with van der Waals surface area (Å²) < 4.78 is 0. The lowest BCUT2D eigenvalue weighted by atomic mass is 9.72. The number of hydrogen-bond acceptors (Lipinski definition) is 4. The Morgan fingerprint density at radius 3 is 2.37 bits per heavy atom. The molecule has 0 saturated heterocycles. The summed E-state index contributed by atoms with van der Waals surface area (Å²) in [5.41, 5.74) is 0.241. The van der Waals surface area contributed by atoms with Crippen LogP contribution in [0.4, 0.5) is 0 Å². The summed E-state index contributed by atoms with van der Waals surface area (Å²) in [5.74, 6) is 0.212. The molecular weight excluding hydrogens is 242 g/mol. The normalized spacial score (nSPS) is 29.1. The molecule has 1 aliphatic carbocycles. The quantitative estimate of drug-likeness (QED) is 0.663. The molecule has 19 heavy (non-hydrogen) atoms. The number of phenolic OH excluding ortho intramolecular Hbond substituents is 1. The van der Waals surface area contributed by atoms with Gasteiger partial charge in [-0.25, -0.2) is 0 Å². The largest absolute Gasteiger partial charge is 0.508 e. The van der Waals surface area contributed by atoms with E-state index < -0.39 is 5.60 Å². The number of aromatic hydroxyl groups is 1. The second-order valence-electron chi connectivity index (χ2n) is 5.54. The van der Waals surface area contributed by atoms with Gasteiger partial charge in [0.2, 0.25) is 0 Å². The first-order valence-electron chi connectivity index (χ1n) is 6.89. The second kappa shape index (κ2) is 5.90. The molecule has 0 aliphatic heterocycles. The zero-order valence-electron chi connectivity index (χ0n) is 11.3. The van der Waals surface area contributed by atoms with Crippen LogP contribution in [0.15, 0.2) is 24.3 Å². The smallest absolute Gasteiger partial charge is 0.115 e. The van der Waals surface area contributed by atoms with Crippen LogP contribution in [0.2, 0.25) is 0 Å². The fourth-order valence-corrected chi connectivity index (χ4v) is 2.98. The molecule has 106 valence electrons. The number of likely N-dealkylation sites (N-methyl/N-ethyl adjacent to an activating group) is 1. The molecule has 4 nitrogen and oxygen atoms in total. The van der Waals surface area contributed by atoms with Gasteiger partial charge in [-0.2, -0.15) is 0 Å². The molecule has 1 aliphatic rings. The Balaban J connectivity index is 2.21. The van der Waals surface area contributed by atoms with Crippen LogP contribution in [-0.4, -0.2) is 40.6 Å². The molecule has 4 heteroatoms. The van der Waals surface area contributed by atoms with Gasteiger partial charge in [0.15, 0.2) is 0 Å². The van der Waals surface area contributed by atoms with Gasteiger partial charge < -0.3 is 20.6 Å². The zero-order chi connectivity index (χ0) is 13.9. The zero-order valence-corrected chi connectivity index (χ0v) is 11.3. The van der Waals surface area contributed by atoms with Gasteiger partial charge in [0.05, 0.1) is 11.7 Å². The third-order valence-electron chi connectivity index (χ3n) is 4.17. The summed E-state index contributed by atoms with van der Waals surface area (Å²) in [6.07, 6.45) is 2.24. The number of nitrogens with one attached hydrogen (secondary N) is 1. The molecule has 0 aromatic heterocycles. The van der Waals surface area contributed by atoms with Gasteiger partial charge in [-0.3, -0.25) is 0 Å². The fraction of sp³-hybridized carbons (Fsp3) is 0.600. The number of benzene rings is 1. The molecule has 0 heterocycles. The van der Waals surface area contributed by atoms with Crippen LogP contribution >= 0.6 is 0 Å². The molecule has 1 aromatic carbocycles. The maximum atomic E-state index is 10.9. The van der Waals surface area contributed by atoms with Crippen LogP contribution in [-0.2, 0) is 0 Å². The van der Waals surface area contributed by atoms with Crippen LogP contribution in [0.25, 0.3) is 0 Å². The predicted octanol–water partition coefficient (Wildman–Crippen LogP) is 1.36. The number of phenols is 1. The monoisotopic (exact) mass is 265 g/mol. The van der Waals surface area contributed by atoms with E-state index in [0.717, 1.165) is 5.56 Å². The van der Waals surface area contributed by atoms with Crippen molar-refractivity contribution in [3.8, 4) is 5.75 Å². The first-order valence-corrected chi connectivity index (χ1v) is 6.89. The molecule has 2 rings (SSSR count). The minimum absolute atomic E-state index is 0.0226. The molecular formula is C15H23NO3. The van der Waals surface area contributed by atoms with E-state index in [4.69, 9.17) is 0 Å². The lowest BCUT2D eigenvalue weighted by Gasteiger charge is -2.41. The van der Waals surface area contributed by atoms with Crippen molar-refractivity contribution in [1.29, 1.82) is 0 Å². The van der Waals surface area contributed by atoms with Gasteiger partial charge in [-0.05, 0) is 50.4 Å². The Morgan fingerprint density at radius 1 is 1.26 bits per heavy atom. The number of hydrogen-bond donors (Lipinski definition) is 4. The van der Waals surface area contributed by atoms with Crippen molar-refractivity contribution < 1.29 is 15.3 Å². The summed E-state index contributed by atoms with van der Waals surface area (Å²) >= 11 is 0. The number of aliphatic hydroxyl groups excluding tert-OH is 1. The van der Waals surface area contributed by atoms with Gasteiger partial charge in [-0.1, -0.05) is 12.1 Å². The predicted molar refractivity (Wildman–Crippen MR) is 74.2 cm³/mol. The first-order chi connectivity index (χ1) is 9.05. The summed E-state index contributed by atoms with van der Waals surface area (Å²) in [4.78, 5) is 0. The van der Waals surface area contributed by atoms with E-state index in [1.807, 2.05) is 19.2 Å².